The van der Waals surface area contributed by atoms with Gasteiger partial charge in [-0.25, -0.2) is 4.79 Å². The number of fused-ring (bicyclic) bond motifs is 1. The number of carbonyl (C=O) groups is 2. The highest BCUT2D eigenvalue weighted by molar-refractivity contribution is 5.87. The molecule has 0 saturated heterocycles. The average Bonchev–Trinajstić information content (AvgIpc) is 2.49. The molecule has 0 fully saturated rings. The number of primary amides is 1. The second kappa shape index (κ2) is 6.48. The summed E-state index contributed by atoms with van der Waals surface area (Å²) in [6, 6.07) is 4.53. The molecule has 1 heterocycles. The van der Waals surface area contributed by atoms with Gasteiger partial charge in [0.1, 0.15) is 11.8 Å². The van der Waals surface area contributed by atoms with Gasteiger partial charge in [-0.2, -0.15) is 0 Å². The number of hydrogen-bond donors (Lipinski definition) is 2. The molecule has 6 nitrogen and oxygen atoms in total. The van der Waals surface area contributed by atoms with Gasteiger partial charge in [-0.05, 0) is 23.5 Å². The Morgan fingerprint density at radius 3 is 2.61 bits per heavy atom. The van der Waals surface area contributed by atoms with Crippen molar-refractivity contribution in [2.45, 2.75) is 39.8 Å². The average molecular weight is 319 g/mol. The number of nitrogens with two attached hydrogens (primary N) is 1. The van der Waals surface area contributed by atoms with Crippen molar-refractivity contribution >= 4 is 11.9 Å². The summed E-state index contributed by atoms with van der Waals surface area (Å²) >= 11 is 0. The largest absolute Gasteiger partial charge is 0.496 e. The van der Waals surface area contributed by atoms with Gasteiger partial charge in [0, 0.05) is 18.7 Å². The van der Waals surface area contributed by atoms with Crippen LogP contribution in [0.4, 0.5) is 4.79 Å². The quantitative estimate of drug-likeness (QED) is 0.888. The first kappa shape index (κ1) is 17.1. The Kier molecular flexibility index (Phi) is 4.82. The zero-order chi connectivity index (χ0) is 17.2. The Morgan fingerprint density at radius 2 is 2.04 bits per heavy atom. The van der Waals surface area contributed by atoms with Crippen molar-refractivity contribution in [2.75, 3.05) is 13.7 Å². The number of benzene rings is 1. The monoisotopic (exact) mass is 319 g/mol. The molecule has 0 saturated carbocycles. The van der Waals surface area contributed by atoms with Crippen LogP contribution in [0.2, 0.25) is 0 Å². The predicted molar refractivity (Wildman–Crippen MR) is 88.1 cm³/mol. The van der Waals surface area contributed by atoms with E-state index in [0.29, 0.717) is 13.1 Å². The van der Waals surface area contributed by atoms with Crippen molar-refractivity contribution in [3.63, 3.8) is 0 Å². The number of methoxy groups -OCH3 is 1. The summed E-state index contributed by atoms with van der Waals surface area (Å²) in [4.78, 5) is 25.9. The maximum Gasteiger partial charge on any atom is 0.312 e. The molecule has 0 bridgehead atoms. The van der Waals surface area contributed by atoms with Crippen LogP contribution in [0, 0.1) is 5.41 Å². The third kappa shape index (κ3) is 3.75. The van der Waals surface area contributed by atoms with E-state index in [4.69, 9.17) is 10.5 Å². The van der Waals surface area contributed by atoms with Gasteiger partial charge >= 0.3 is 6.03 Å². The first-order chi connectivity index (χ1) is 10.7. The number of carbonyl (C=O) groups excluding carboxylic acids is 2. The molecular formula is C17H25N3O3. The third-order valence-electron chi connectivity index (χ3n) is 4.15. The van der Waals surface area contributed by atoms with E-state index in [2.05, 4.69) is 5.32 Å². The van der Waals surface area contributed by atoms with E-state index in [0.717, 1.165) is 23.3 Å². The molecule has 1 aliphatic rings. The van der Waals surface area contributed by atoms with Crippen molar-refractivity contribution in [2.24, 2.45) is 11.1 Å². The first-order valence-electron chi connectivity index (χ1n) is 7.73. The van der Waals surface area contributed by atoms with Gasteiger partial charge in [0.15, 0.2) is 0 Å². The molecule has 0 radical (unpaired) electrons. The highest BCUT2D eigenvalue weighted by Crippen LogP contribution is 2.29. The van der Waals surface area contributed by atoms with Gasteiger partial charge in [-0.3, -0.25) is 4.79 Å². The van der Waals surface area contributed by atoms with Crippen LogP contribution in [0.25, 0.3) is 0 Å². The molecule has 1 aliphatic heterocycles. The zero-order valence-corrected chi connectivity index (χ0v) is 14.2. The molecule has 126 valence electrons. The highest BCUT2D eigenvalue weighted by Gasteiger charge is 2.36. The van der Waals surface area contributed by atoms with Crippen LogP contribution in [-0.2, 0) is 17.8 Å². The number of nitrogens with one attached hydrogen (secondary N) is 1. The van der Waals surface area contributed by atoms with Crippen molar-refractivity contribution in [3.8, 4) is 5.75 Å². The SMILES string of the molecule is COc1cccc2c1CCN(C(=O)C(NC(N)=O)C(C)(C)C)C2. The predicted octanol–water partition coefficient (Wildman–Crippen LogP) is 1.66. The second-order valence-electron chi connectivity index (χ2n) is 6.92. The molecule has 0 aromatic heterocycles. The summed E-state index contributed by atoms with van der Waals surface area (Å²) in [6.07, 6.45) is 0.735. The van der Waals surface area contributed by atoms with E-state index in [1.54, 1.807) is 12.0 Å². The minimum absolute atomic E-state index is 0.107. The lowest BCUT2D eigenvalue weighted by Gasteiger charge is -2.37. The maximum atomic E-state index is 12.9. The van der Waals surface area contributed by atoms with Gasteiger partial charge < -0.3 is 20.7 Å². The fourth-order valence-electron chi connectivity index (χ4n) is 2.93. The molecular weight excluding hydrogens is 294 g/mol. The Hall–Kier alpha value is -2.24. The normalized spacial score (nSPS) is 15.6. The minimum atomic E-state index is -0.683. The summed E-state index contributed by atoms with van der Waals surface area (Å²) in [5.41, 5.74) is 7.05. The third-order valence-corrected chi connectivity index (χ3v) is 4.15. The first-order valence-corrected chi connectivity index (χ1v) is 7.73. The van der Waals surface area contributed by atoms with E-state index >= 15 is 0 Å². The lowest BCUT2D eigenvalue weighted by atomic mass is 9.85. The Labute approximate surface area is 137 Å². The molecule has 2 rings (SSSR count). The van der Waals surface area contributed by atoms with Crippen molar-refractivity contribution < 1.29 is 14.3 Å². The fraction of sp³-hybridized carbons (Fsp3) is 0.529. The van der Waals surface area contributed by atoms with E-state index in [-0.39, 0.29) is 5.91 Å². The molecule has 1 unspecified atom stereocenters. The smallest absolute Gasteiger partial charge is 0.312 e. The van der Waals surface area contributed by atoms with Gasteiger partial charge in [-0.1, -0.05) is 32.9 Å². The molecule has 1 atom stereocenters. The topological polar surface area (TPSA) is 84.7 Å². The Bertz CT molecular complexity index is 608. The molecule has 3 amide bonds. The van der Waals surface area contributed by atoms with E-state index < -0.39 is 17.5 Å². The van der Waals surface area contributed by atoms with Gasteiger partial charge in [0.05, 0.1) is 7.11 Å². The van der Waals surface area contributed by atoms with Gasteiger partial charge in [0.2, 0.25) is 5.91 Å². The van der Waals surface area contributed by atoms with E-state index in [1.807, 2.05) is 39.0 Å². The highest BCUT2D eigenvalue weighted by atomic mass is 16.5. The van der Waals surface area contributed by atoms with Crippen LogP contribution in [0.5, 0.6) is 5.75 Å². The number of urea groups is 1. The molecule has 23 heavy (non-hydrogen) atoms. The lowest BCUT2D eigenvalue weighted by Crippen LogP contribution is -2.56. The molecule has 1 aromatic carbocycles. The fourth-order valence-corrected chi connectivity index (χ4v) is 2.93. The van der Waals surface area contributed by atoms with Crippen LogP contribution >= 0.6 is 0 Å². The molecule has 0 aliphatic carbocycles. The van der Waals surface area contributed by atoms with Crippen molar-refractivity contribution in [1.82, 2.24) is 10.2 Å². The lowest BCUT2D eigenvalue weighted by molar-refractivity contribution is -0.136. The van der Waals surface area contributed by atoms with Gasteiger partial charge in [0.25, 0.3) is 0 Å². The van der Waals surface area contributed by atoms with E-state index in [9.17, 15) is 9.59 Å². The Balaban J connectivity index is 2.22. The summed E-state index contributed by atoms with van der Waals surface area (Å²) < 4.78 is 5.39. The summed E-state index contributed by atoms with van der Waals surface area (Å²) in [6.45, 7) is 6.84. The van der Waals surface area contributed by atoms with Gasteiger partial charge in [-0.15, -0.1) is 0 Å². The molecule has 1 aromatic rings. The molecule has 6 heteroatoms. The van der Waals surface area contributed by atoms with Crippen LogP contribution in [0.3, 0.4) is 0 Å². The second-order valence-corrected chi connectivity index (χ2v) is 6.92. The number of rotatable bonds is 3. The maximum absolute atomic E-state index is 12.9. The number of nitrogens with zero attached hydrogens (tertiary/aromatic N) is 1. The van der Waals surface area contributed by atoms with Crippen molar-refractivity contribution in [1.29, 1.82) is 0 Å². The van der Waals surface area contributed by atoms with Crippen LogP contribution in [-0.4, -0.2) is 36.5 Å². The standard InChI is InChI=1S/C17H25N3O3/c1-17(2,3)14(19-16(18)22)15(21)20-9-8-12-11(10-20)6-5-7-13(12)23-4/h5-7,14H,8-10H2,1-4H3,(H3,18,19,22). The Morgan fingerprint density at radius 1 is 1.35 bits per heavy atom. The van der Waals surface area contributed by atoms with Crippen LogP contribution < -0.4 is 15.8 Å². The number of ether oxygens (including phenoxy) is 1. The number of amides is 3. The summed E-state index contributed by atoms with van der Waals surface area (Å²) in [7, 11) is 1.65. The number of hydrogen-bond acceptors (Lipinski definition) is 3. The molecule has 0 spiro atoms. The van der Waals surface area contributed by atoms with Crippen LogP contribution in [0.15, 0.2) is 18.2 Å². The van der Waals surface area contributed by atoms with Crippen LogP contribution in [0.1, 0.15) is 31.9 Å². The minimum Gasteiger partial charge on any atom is -0.496 e. The van der Waals surface area contributed by atoms with E-state index in [1.165, 1.54) is 0 Å². The summed E-state index contributed by atoms with van der Waals surface area (Å²) in [5, 5.41) is 2.59. The van der Waals surface area contributed by atoms with Crippen molar-refractivity contribution in [3.05, 3.63) is 29.3 Å². The zero-order valence-electron chi connectivity index (χ0n) is 14.2. The molecule has 3 N–H and O–H groups in total. The summed E-state index contributed by atoms with van der Waals surface area (Å²) in [5.74, 6) is 0.752.